The lowest BCUT2D eigenvalue weighted by Crippen LogP contribution is -2.20. The first-order valence-electron chi connectivity index (χ1n) is 29.3. The van der Waals surface area contributed by atoms with E-state index in [0.29, 0.717) is 0 Å². The lowest BCUT2D eigenvalue weighted by Gasteiger charge is -2.23. The number of nitrogens with zero attached hydrogens (tertiary/aromatic N) is 4. The van der Waals surface area contributed by atoms with Gasteiger partial charge in [-0.15, -0.1) is 0 Å². The van der Waals surface area contributed by atoms with Crippen LogP contribution in [0.25, 0.3) is 105 Å². The van der Waals surface area contributed by atoms with Crippen LogP contribution in [0.1, 0.15) is 44.6 Å². The van der Waals surface area contributed by atoms with Crippen molar-refractivity contribution < 1.29 is 4.32 Å². The number of aromatic nitrogens is 3. The van der Waals surface area contributed by atoms with E-state index in [-0.39, 0.29) is 0 Å². The van der Waals surface area contributed by atoms with Gasteiger partial charge < -0.3 is 17.9 Å². The summed E-state index contributed by atoms with van der Waals surface area (Å²) in [7, 11) is -1.52. The number of aliphatic imine (C=N–C) groups is 1. The zero-order chi connectivity index (χ0) is 57.3. The highest BCUT2D eigenvalue weighted by molar-refractivity contribution is 6.50. The normalized spacial score (nSPS) is 13.2. The fourth-order valence-electron chi connectivity index (χ4n) is 13.7. The summed E-state index contributed by atoms with van der Waals surface area (Å²) in [6, 6.07) is 99.4. The van der Waals surface area contributed by atoms with Crippen LogP contribution in [-0.2, 0) is 0 Å². The Morgan fingerprint density at radius 1 is 0.376 bits per heavy atom. The van der Waals surface area contributed by atoms with Gasteiger partial charge in [-0.05, 0) is 121 Å². The average Bonchev–Trinajstić information content (AvgIpc) is 2.17. The molecule has 11 aromatic carbocycles. The van der Waals surface area contributed by atoms with Gasteiger partial charge in [-0.3, -0.25) is 0 Å². The third kappa shape index (κ3) is 8.55. The molecule has 1 aliphatic rings. The molecule has 0 N–H and O–H groups in total. The molecule has 0 aliphatic carbocycles. The van der Waals surface area contributed by atoms with E-state index in [1.165, 1.54) is 5.39 Å². The van der Waals surface area contributed by atoms with Crippen LogP contribution >= 0.6 is 0 Å². The van der Waals surface area contributed by atoms with E-state index in [1.807, 2.05) is 10.5 Å². The number of rotatable bonds is 11. The van der Waals surface area contributed by atoms with Crippen molar-refractivity contribution in [1.29, 1.82) is 0 Å². The molecule has 0 saturated heterocycles. The fourth-order valence-corrected chi connectivity index (χ4v) is 13.7. The summed E-state index contributed by atoms with van der Waals surface area (Å²) in [4.78, 5) is 6.14. The molecule has 404 valence electrons. The topological polar surface area (TPSA) is 27.1 Å². The molecule has 0 amide bonds. The monoisotopic (exact) mass is 1090 g/mol. The van der Waals surface area contributed by atoms with Crippen molar-refractivity contribution in [1.82, 2.24) is 13.6 Å². The van der Waals surface area contributed by atoms with Crippen LogP contribution in [0.15, 0.2) is 290 Å². The molecule has 6 heteroatoms. The molecule has 0 fully saturated rings. The van der Waals surface area contributed by atoms with Gasteiger partial charge in [-0.1, -0.05) is 236 Å². The van der Waals surface area contributed by atoms with Crippen LogP contribution < -0.4 is 0 Å². The Morgan fingerprint density at radius 3 is 1.32 bits per heavy atom. The summed E-state index contributed by atoms with van der Waals surface area (Å²) in [5, 5.41) is 4.65. The van der Waals surface area contributed by atoms with Crippen LogP contribution in [-0.4, -0.2) is 26.4 Å². The maximum absolute atomic E-state index is 18.6. The van der Waals surface area contributed by atoms with E-state index in [4.69, 9.17) is 4.99 Å². The molecule has 0 saturated carbocycles. The molecule has 0 unspecified atom stereocenters. The minimum Gasteiger partial charge on any atom is -0.355 e. The second kappa shape index (κ2) is 21.0. The second-order valence-corrected chi connectivity index (χ2v) is 22.4. The molecule has 3 aromatic heterocycles. The van der Waals surface area contributed by atoms with Gasteiger partial charge in [0.15, 0.2) is 0 Å². The van der Waals surface area contributed by atoms with Crippen molar-refractivity contribution in [2.45, 2.75) is 27.6 Å². The van der Waals surface area contributed by atoms with Gasteiger partial charge in [0.25, 0.3) is 0 Å². The van der Waals surface area contributed by atoms with Crippen LogP contribution in [0.3, 0.4) is 0 Å². The van der Waals surface area contributed by atoms with Crippen LogP contribution in [0, 0.1) is 20.8 Å². The molecule has 4 heterocycles. The Bertz CT molecular complexity index is 4990. The predicted octanol–water partition coefficient (Wildman–Crippen LogP) is 20.4. The quantitative estimate of drug-likeness (QED) is 0.115. The number of benzene rings is 11. The van der Waals surface area contributed by atoms with E-state index >= 15 is 4.32 Å². The standard InChI is InChI=1S/C79H58BFN4/c1-51-47-52(2)70(53(3)48-51)75(77-71(54-27-11-5-12-28-54)72(76(82-77)56-31-15-7-16-32-56)58-43-45-64-62-39-23-25-41-66(62)83(68(64)49-58)60-35-19-9-20-36-60)79-73(55-29-13-6-14-30-55)74(78(85(79)80(4)81)57-33-17-8-18-34-57)59-44-46-65-63-40-24-26-42-67(63)84(69(65)50-59)61-37-21-10-22-38-61/h5-50H,1-4H3/b77-75-. The lowest BCUT2D eigenvalue weighted by atomic mass is 9.82. The summed E-state index contributed by atoms with van der Waals surface area (Å²) in [6.45, 7) is 8.27. The van der Waals surface area contributed by atoms with Crippen molar-refractivity contribution in [2.24, 2.45) is 4.99 Å². The highest BCUT2D eigenvalue weighted by Crippen LogP contribution is 2.54. The highest BCUT2D eigenvalue weighted by Gasteiger charge is 2.38. The largest absolute Gasteiger partial charge is 0.462 e. The average molecular weight is 1090 g/mol. The number of hydrogen-bond donors (Lipinski definition) is 0. The van der Waals surface area contributed by atoms with E-state index < -0.39 is 7.12 Å². The Balaban J connectivity index is 1.15. The first-order valence-corrected chi connectivity index (χ1v) is 29.3. The van der Waals surface area contributed by atoms with Gasteiger partial charge in [0.1, 0.15) is 0 Å². The molecule has 85 heavy (non-hydrogen) atoms. The zero-order valence-electron chi connectivity index (χ0n) is 47.8. The molecule has 0 radical (unpaired) electrons. The number of allylic oxidation sites excluding steroid dienone is 2. The van der Waals surface area contributed by atoms with Crippen molar-refractivity contribution in [3.8, 4) is 44.9 Å². The number of hydrogen-bond acceptors (Lipinski definition) is 1. The first-order chi connectivity index (χ1) is 41.8. The second-order valence-electron chi connectivity index (χ2n) is 22.4. The van der Waals surface area contributed by atoms with E-state index in [2.05, 4.69) is 303 Å². The summed E-state index contributed by atoms with van der Waals surface area (Å²) < 4.78 is 25.3. The minimum atomic E-state index is -1.52. The number of para-hydroxylation sites is 4. The highest BCUT2D eigenvalue weighted by atomic mass is 19.1. The molecule has 0 atom stereocenters. The molecule has 0 spiro atoms. The van der Waals surface area contributed by atoms with Crippen molar-refractivity contribution >= 4 is 73.2 Å². The summed E-state index contributed by atoms with van der Waals surface area (Å²) in [5.74, 6) is 0. The third-order valence-corrected chi connectivity index (χ3v) is 17.1. The molecular formula is C79H58BFN4. The maximum Gasteiger partial charge on any atom is 0.462 e. The Hall–Kier alpha value is -10.6. The van der Waals surface area contributed by atoms with Crippen molar-refractivity contribution in [2.75, 3.05) is 0 Å². The number of halogens is 1. The fraction of sp³-hybridized carbons (Fsp3) is 0.0506. The van der Waals surface area contributed by atoms with Gasteiger partial charge in [-0.25, -0.2) is 4.99 Å². The van der Waals surface area contributed by atoms with Gasteiger partial charge in [0.2, 0.25) is 0 Å². The Labute approximate surface area is 495 Å². The molecule has 15 rings (SSSR count). The number of fused-ring (bicyclic) bond motifs is 6. The minimum absolute atomic E-state index is 0.745. The summed E-state index contributed by atoms with van der Waals surface area (Å²) in [6.07, 6.45) is 0. The molecular weight excluding hydrogens is 1030 g/mol. The maximum atomic E-state index is 18.6. The van der Waals surface area contributed by atoms with Crippen LogP contribution in [0.2, 0.25) is 6.82 Å². The first kappa shape index (κ1) is 51.3. The van der Waals surface area contributed by atoms with Crippen molar-refractivity contribution in [3.63, 3.8) is 0 Å². The third-order valence-electron chi connectivity index (χ3n) is 17.1. The summed E-state index contributed by atoms with van der Waals surface area (Å²) >= 11 is 0. The van der Waals surface area contributed by atoms with Crippen LogP contribution in [0.5, 0.6) is 0 Å². The number of aryl methyl sites for hydroxylation is 3. The van der Waals surface area contributed by atoms with Gasteiger partial charge in [0.05, 0.1) is 33.5 Å². The van der Waals surface area contributed by atoms with Crippen molar-refractivity contribution in [3.05, 3.63) is 329 Å². The lowest BCUT2D eigenvalue weighted by molar-refractivity contribution is 0.799. The molecule has 0 bridgehead atoms. The van der Waals surface area contributed by atoms with Gasteiger partial charge in [-0.2, -0.15) is 0 Å². The zero-order valence-corrected chi connectivity index (χ0v) is 47.8. The van der Waals surface area contributed by atoms with E-state index in [0.717, 1.165) is 156 Å². The SMILES string of the molecule is CB(F)n1c(/C(=C2\N=C(c3ccccc3)C(c3ccc4c5ccccc5n(-c5ccccc5)c4c3)=C2c2ccccc2)c2c(C)cc(C)cc2C)c(-c2ccccc2)c(-c2ccc3c4ccccc4n(-c4ccccc4)c3c2)c1-c1ccccc1. The van der Waals surface area contributed by atoms with Gasteiger partial charge in [0, 0.05) is 77.7 Å². The smallest absolute Gasteiger partial charge is 0.355 e. The summed E-state index contributed by atoms with van der Waals surface area (Å²) in [5.41, 5.74) is 24.5. The van der Waals surface area contributed by atoms with E-state index in [1.54, 1.807) is 6.82 Å². The van der Waals surface area contributed by atoms with E-state index in [9.17, 15) is 0 Å². The predicted molar refractivity (Wildman–Crippen MR) is 357 cm³/mol. The van der Waals surface area contributed by atoms with Crippen LogP contribution in [0.4, 0.5) is 4.32 Å². The Kier molecular flexibility index (Phi) is 12.7. The van der Waals surface area contributed by atoms with Gasteiger partial charge >= 0.3 is 7.12 Å². The molecule has 4 nitrogen and oxygen atoms in total. The molecule has 1 aliphatic heterocycles. The molecule has 14 aromatic rings. The Morgan fingerprint density at radius 2 is 0.800 bits per heavy atom.